The van der Waals surface area contributed by atoms with Gasteiger partial charge in [0.15, 0.2) is 5.85 Å². The van der Waals surface area contributed by atoms with Crippen molar-refractivity contribution in [2.75, 3.05) is 7.11 Å². The Bertz CT molecular complexity index is 653. The van der Waals surface area contributed by atoms with Gasteiger partial charge in [0.2, 0.25) is 0 Å². The number of rotatable bonds is 5. The first-order valence-corrected chi connectivity index (χ1v) is 8.14. The maximum absolute atomic E-state index is 12.9. The number of hydrogen-bond acceptors (Lipinski definition) is 3. The first-order valence-electron chi connectivity index (χ1n) is 6.38. The molecule has 0 bridgehead atoms. The van der Waals surface area contributed by atoms with Gasteiger partial charge in [-0.15, -0.1) is 0 Å². The lowest BCUT2D eigenvalue weighted by atomic mass is 10.2. The lowest BCUT2D eigenvalue weighted by Crippen LogP contribution is -1.99. The predicted octanol–water partition coefficient (Wildman–Crippen LogP) is 4.41. The van der Waals surface area contributed by atoms with Crippen molar-refractivity contribution in [3.8, 4) is 0 Å². The Hall–Kier alpha value is -1.74. The SMILES string of the molecule is CO[P@](=O)(/C=C/c1ccccc1)[C@H](O)c1ccc(F)cc1. The molecule has 0 saturated heterocycles. The lowest BCUT2D eigenvalue weighted by Gasteiger charge is -2.19. The second-order valence-electron chi connectivity index (χ2n) is 4.48. The van der Waals surface area contributed by atoms with Crippen LogP contribution >= 0.6 is 7.37 Å². The molecule has 0 aliphatic rings. The van der Waals surface area contributed by atoms with E-state index in [2.05, 4.69) is 0 Å². The average Bonchev–Trinajstić information content (AvgIpc) is 2.53. The summed E-state index contributed by atoms with van der Waals surface area (Å²) in [5, 5.41) is 10.2. The average molecular weight is 306 g/mol. The molecule has 0 fully saturated rings. The van der Waals surface area contributed by atoms with E-state index >= 15 is 0 Å². The van der Waals surface area contributed by atoms with E-state index in [4.69, 9.17) is 4.52 Å². The first-order chi connectivity index (χ1) is 10.0. The molecule has 2 aromatic rings. The number of halogens is 1. The zero-order chi connectivity index (χ0) is 15.3. The third-order valence-corrected chi connectivity index (χ3v) is 5.18. The molecular weight excluding hydrogens is 290 g/mol. The van der Waals surface area contributed by atoms with Crippen molar-refractivity contribution in [1.29, 1.82) is 0 Å². The number of benzene rings is 2. The molecule has 0 aliphatic heterocycles. The first kappa shape index (κ1) is 15.6. The fourth-order valence-corrected chi connectivity index (χ4v) is 3.29. The van der Waals surface area contributed by atoms with Gasteiger partial charge < -0.3 is 9.63 Å². The minimum atomic E-state index is -3.44. The normalized spacial score (nSPS) is 15.8. The van der Waals surface area contributed by atoms with E-state index < -0.39 is 19.0 Å². The molecule has 0 aromatic heterocycles. The molecule has 3 nitrogen and oxygen atoms in total. The molecule has 0 saturated carbocycles. The van der Waals surface area contributed by atoms with E-state index in [9.17, 15) is 14.1 Å². The summed E-state index contributed by atoms with van der Waals surface area (Å²) in [4.78, 5) is 0. The van der Waals surface area contributed by atoms with Gasteiger partial charge in [0, 0.05) is 12.9 Å². The van der Waals surface area contributed by atoms with E-state index in [1.54, 1.807) is 6.08 Å². The van der Waals surface area contributed by atoms with Crippen LogP contribution in [0.15, 0.2) is 60.4 Å². The highest BCUT2D eigenvalue weighted by molar-refractivity contribution is 7.62. The van der Waals surface area contributed by atoms with Crippen LogP contribution in [0.5, 0.6) is 0 Å². The highest BCUT2D eigenvalue weighted by Crippen LogP contribution is 2.59. The molecule has 21 heavy (non-hydrogen) atoms. The summed E-state index contributed by atoms with van der Waals surface area (Å²) in [6, 6.07) is 14.5. The van der Waals surface area contributed by atoms with Crippen molar-refractivity contribution in [1.82, 2.24) is 0 Å². The fourth-order valence-electron chi connectivity index (χ4n) is 1.84. The van der Waals surface area contributed by atoms with Crippen molar-refractivity contribution in [2.24, 2.45) is 0 Å². The quantitative estimate of drug-likeness (QED) is 0.832. The van der Waals surface area contributed by atoms with Crippen molar-refractivity contribution >= 4 is 13.4 Å². The van der Waals surface area contributed by atoms with Gasteiger partial charge in [-0.1, -0.05) is 42.5 Å². The van der Waals surface area contributed by atoms with Crippen LogP contribution < -0.4 is 0 Å². The van der Waals surface area contributed by atoms with Crippen molar-refractivity contribution in [3.63, 3.8) is 0 Å². The highest BCUT2D eigenvalue weighted by Gasteiger charge is 2.30. The van der Waals surface area contributed by atoms with Crippen molar-refractivity contribution in [2.45, 2.75) is 5.85 Å². The molecule has 0 radical (unpaired) electrons. The Morgan fingerprint density at radius 3 is 2.33 bits per heavy atom. The van der Waals surface area contributed by atoms with Gasteiger partial charge >= 0.3 is 0 Å². The summed E-state index contributed by atoms with van der Waals surface area (Å²) in [6.45, 7) is 0. The molecule has 2 rings (SSSR count). The van der Waals surface area contributed by atoms with Crippen molar-refractivity contribution in [3.05, 3.63) is 77.4 Å². The molecule has 1 N–H and O–H groups in total. The number of hydrogen-bond donors (Lipinski definition) is 1. The van der Waals surface area contributed by atoms with E-state index in [1.165, 1.54) is 37.2 Å². The van der Waals surface area contributed by atoms with Crippen LogP contribution in [-0.2, 0) is 9.09 Å². The van der Waals surface area contributed by atoms with Gasteiger partial charge in [0.05, 0.1) is 0 Å². The largest absolute Gasteiger partial charge is 0.378 e. The molecule has 0 aliphatic carbocycles. The minimum Gasteiger partial charge on any atom is -0.378 e. The summed E-state index contributed by atoms with van der Waals surface area (Å²) in [5.74, 6) is -0.378. The third kappa shape index (κ3) is 3.88. The van der Waals surface area contributed by atoms with Gasteiger partial charge in [0.25, 0.3) is 7.37 Å². The zero-order valence-electron chi connectivity index (χ0n) is 11.5. The standard InChI is InChI=1S/C16H16FO3P/c1-20-21(19,12-11-13-5-3-2-4-6-13)16(18)14-7-9-15(17)10-8-14/h2-12,16,18H,1H3/b12-11+/t16-,21+/m0/s1. The molecular formula is C16H16FO3P. The summed E-state index contributed by atoms with van der Waals surface area (Å²) in [7, 11) is -2.16. The topological polar surface area (TPSA) is 46.5 Å². The Balaban J connectivity index is 2.26. The van der Waals surface area contributed by atoms with Crippen molar-refractivity contribution < 1.29 is 18.6 Å². The van der Waals surface area contributed by atoms with Gasteiger partial charge in [-0.3, -0.25) is 4.57 Å². The van der Waals surface area contributed by atoms with Crippen LogP contribution in [0.2, 0.25) is 0 Å². The zero-order valence-corrected chi connectivity index (χ0v) is 12.4. The molecule has 0 spiro atoms. The van der Waals surface area contributed by atoms with Gasteiger partial charge in [0.1, 0.15) is 5.82 Å². The molecule has 0 amide bonds. The summed E-state index contributed by atoms with van der Waals surface area (Å²) >= 11 is 0. The number of aliphatic hydroxyl groups is 1. The second kappa shape index (κ2) is 6.81. The Labute approximate surface area is 123 Å². The molecule has 2 aromatic carbocycles. The van der Waals surface area contributed by atoms with E-state index in [0.29, 0.717) is 5.56 Å². The summed E-state index contributed by atoms with van der Waals surface area (Å²) in [5.41, 5.74) is 1.19. The van der Waals surface area contributed by atoms with Crippen LogP contribution in [-0.4, -0.2) is 12.2 Å². The van der Waals surface area contributed by atoms with Crippen LogP contribution in [0.4, 0.5) is 4.39 Å². The Kier molecular flexibility index (Phi) is 5.07. The fraction of sp³-hybridized carbons (Fsp3) is 0.125. The summed E-state index contributed by atoms with van der Waals surface area (Å²) in [6.07, 6.45) is 1.64. The van der Waals surface area contributed by atoms with Crippen LogP contribution in [0, 0.1) is 5.82 Å². The van der Waals surface area contributed by atoms with E-state index in [1.807, 2.05) is 30.3 Å². The number of aliphatic hydroxyl groups excluding tert-OH is 1. The lowest BCUT2D eigenvalue weighted by molar-refractivity contribution is 0.228. The maximum atomic E-state index is 12.9. The smallest absolute Gasteiger partial charge is 0.256 e. The highest BCUT2D eigenvalue weighted by atomic mass is 31.2. The molecule has 0 unspecified atom stereocenters. The second-order valence-corrected chi connectivity index (χ2v) is 6.92. The van der Waals surface area contributed by atoms with Crippen LogP contribution in [0.1, 0.15) is 17.0 Å². The van der Waals surface area contributed by atoms with E-state index in [0.717, 1.165) is 5.56 Å². The van der Waals surface area contributed by atoms with E-state index in [-0.39, 0.29) is 0 Å². The van der Waals surface area contributed by atoms with Gasteiger partial charge in [-0.05, 0) is 29.3 Å². The Morgan fingerprint density at radius 2 is 1.76 bits per heavy atom. The Morgan fingerprint density at radius 1 is 1.14 bits per heavy atom. The van der Waals surface area contributed by atoms with Gasteiger partial charge in [-0.2, -0.15) is 0 Å². The van der Waals surface area contributed by atoms with Crippen LogP contribution in [0.3, 0.4) is 0 Å². The molecule has 0 heterocycles. The third-order valence-electron chi connectivity index (χ3n) is 3.07. The predicted molar refractivity (Wildman–Crippen MR) is 81.5 cm³/mol. The molecule has 2 atom stereocenters. The minimum absolute atomic E-state index is 0.347. The molecule has 110 valence electrons. The van der Waals surface area contributed by atoms with Crippen LogP contribution in [0.25, 0.3) is 6.08 Å². The monoisotopic (exact) mass is 306 g/mol. The molecule has 5 heteroatoms. The maximum Gasteiger partial charge on any atom is 0.256 e. The summed E-state index contributed by atoms with van der Waals surface area (Å²) < 4.78 is 30.6. The van der Waals surface area contributed by atoms with Gasteiger partial charge in [-0.25, -0.2) is 4.39 Å².